The van der Waals surface area contributed by atoms with Crippen molar-refractivity contribution in [2.75, 3.05) is 26.4 Å². The molecule has 4 nitrogen and oxygen atoms in total. The van der Waals surface area contributed by atoms with Crippen molar-refractivity contribution in [2.24, 2.45) is 11.8 Å². The third-order valence-electron chi connectivity index (χ3n) is 4.70. The highest BCUT2D eigenvalue weighted by Crippen LogP contribution is 2.25. The predicted molar refractivity (Wildman–Crippen MR) is 84.3 cm³/mol. The lowest BCUT2D eigenvalue weighted by molar-refractivity contribution is -0.0189. The summed E-state index contributed by atoms with van der Waals surface area (Å²) in [6, 6.07) is 0.500. The topological polar surface area (TPSA) is 50.7 Å². The molecule has 4 heteroatoms. The van der Waals surface area contributed by atoms with Gasteiger partial charge in [-0.15, -0.1) is 0 Å². The van der Waals surface area contributed by atoms with Gasteiger partial charge in [-0.3, -0.25) is 0 Å². The van der Waals surface area contributed by atoms with E-state index in [1.165, 1.54) is 0 Å². The summed E-state index contributed by atoms with van der Waals surface area (Å²) in [7, 11) is 0. The second-order valence-electron chi connectivity index (χ2n) is 6.53. The summed E-state index contributed by atoms with van der Waals surface area (Å²) in [4.78, 5) is 0. The van der Waals surface area contributed by atoms with E-state index >= 15 is 0 Å². The lowest BCUT2D eigenvalue weighted by Gasteiger charge is -2.36. The first-order valence-electron chi connectivity index (χ1n) is 8.44. The minimum absolute atomic E-state index is 0.411. The van der Waals surface area contributed by atoms with Crippen LogP contribution in [0.1, 0.15) is 39.5 Å². The Hall–Kier alpha value is -0.420. The van der Waals surface area contributed by atoms with E-state index < -0.39 is 6.10 Å². The van der Waals surface area contributed by atoms with Gasteiger partial charge in [0, 0.05) is 19.2 Å². The number of ether oxygens (including phenoxy) is 2. The van der Waals surface area contributed by atoms with Crippen LogP contribution in [0.3, 0.4) is 0 Å². The summed E-state index contributed by atoms with van der Waals surface area (Å²) in [5, 5.41) is 13.3. The van der Waals surface area contributed by atoms with Crippen LogP contribution in [0.5, 0.6) is 0 Å². The van der Waals surface area contributed by atoms with E-state index in [1.807, 2.05) is 6.92 Å². The van der Waals surface area contributed by atoms with Gasteiger partial charge in [0.05, 0.1) is 25.4 Å². The minimum Gasteiger partial charge on any atom is -0.389 e. The molecule has 3 atom stereocenters. The molecule has 0 aliphatic heterocycles. The fourth-order valence-electron chi connectivity index (χ4n) is 3.06. The Balaban J connectivity index is 1.48. The lowest BCUT2D eigenvalue weighted by atomic mass is 9.85. The molecule has 21 heavy (non-hydrogen) atoms. The summed E-state index contributed by atoms with van der Waals surface area (Å²) in [6.07, 6.45) is 8.90. The van der Waals surface area contributed by atoms with Crippen molar-refractivity contribution in [3.05, 3.63) is 12.2 Å². The van der Waals surface area contributed by atoms with Gasteiger partial charge < -0.3 is 19.9 Å². The van der Waals surface area contributed by atoms with E-state index in [4.69, 9.17) is 9.47 Å². The number of rotatable bonds is 9. The summed E-state index contributed by atoms with van der Waals surface area (Å²) in [6.45, 7) is 6.91. The van der Waals surface area contributed by atoms with Crippen molar-refractivity contribution in [1.82, 2.24) is 5.32 Å². The Bertz CT molecular complexity index is 315. The van der Waals surface area contributed by atoms with Crippen LogP contribution in [-0.4, -0.2) is 49.7 Å². The maximum Gasteiger partial charge on any atom is 0.0897 e. The molecule has 0 aromatic carbocycles. The van der Waals surface area contributed by atoms with Gasteiger partial charge in [0.1, 0.15) is 0 Å². The average molecular weight is 297 g/mol. The SMILES string of the molecule is CCOC1CC(NCC(O)COCC2CC=CCC2C)C1. The second kappa shape index (κ2) is 8.89. The quantitative estimate of drug-likeness (QED) is 0.640. The Labute approximate surface area is 128 Å². The van der Waals surface area contributed by atoms with E-state index in [9.17, 15) is 5.11 Å². The van der Waals surface area contributed by atoms with Crippen molar-refractivity contribution in [1.29, 1.82) is 0 Å². The molecule has 0 aromatic heterocycles. The average Bonchev–Trinajstić information content (AvgIpc) is 2.43. The highest BCUT2D eigenvalue weighted by molar-refractivity contribution is 4.93. The van der Waals surface area contributed by atoms with E-state index in [2.05, 4.69) is 24.4 Å². The smallest absolute Gasteiger partial charge is 0.0897 e. The molecule has 122 valence electrons. The van der Waals surface area contributed by atoms with Crippen LogP contribution in [0.4, 0.5) is 0 Å². The number of aliphatic hydroxyl groups is 1. The van der Waals surface area contributed by atoms with Gasteiger partial charge in [0.15, 0.2) is 0 Å². The van der Waals surface area contributed by atoms with Crippen molar-refractivity contribution in [2.45, 2.75) is 57.8 Å². The van der Waals surface area contributed by atoms with E-state index in [1.54, 1.807) is 0 Å². The number of aliphatic hydroxyl groups excluding tert-OH is 1. The normalized spacial score (nSPS) is 33.7. The van der Waals surface area contributed by atoms with Crippen LogP contribution in [0.15, 0.2) is 12.2 Å². The Morgan fingerprint density at radius 1 is 1.29 bits per heavy atom. The van der Waals surface area contributed by atoms with Crippen LogP contribution in [0, 0.1) is 11.8 Å². The highest BCUT2D eigenvalue weighted by atomic mass is 16.5. The van der Waals surface area contributed by atoms with Gasteiger partial charge in [-0.25, -0.2) is 0 Å². The Morgan fingerprint density at radius 2 is 2.05 bits per heavy atom. The van der Waals surface area contributed by atoms with E-state index in [-0.39, 0.29) is 0 Å². The predicted octanol–water partition coefficient (Wildman–Crippen LogP) is 2.12. The van der Waals surface area contributed by atoms with Crippen molar-refractivity contribution in [3.8, 4) is 0 Å². The van der Waals surface area contributed by atoms with Crippen molar-refractivity contribution in [3.63, 3.8) is 0 Å². The van der Waals surface area contributed by atoms with Gasteiger partial charge in [0.2, 0.25) is 0 Å². The second-order valence-corrected chi connectivity index (χ2v) is 6.53. The maximum atomic E-state index is 9.95. The first kappa shape index (κ1) is 16.9. The summed E-state index contributed by atoms with van der Waals surface area (Å²) in [5.41, 5.74) is 0. The van der Waals surface area contributed by atoms with Gasteiger partial charge >= 0.3 is 0 Å². The highest BCUT2D eigenvalue weighted by Gasteiger charge is 2.29. The van der Waals surface area contributed by atoms with Crippen LogP contribution in [0.25, 0.3) is 0 Å². The lowest BCUT2D eigenvalue weighted by Crippen LogP contribution is -2.48. The summed E-state index contributed by atoms with van der Waals surface area (Å²) >= 11 is 0. The molecule has 3 unspecified atom stereocenters. The molecule has 0 aromatic rings. The molecule has 0 radical (unpaired) electrons. The molecule has 1 fully saturated rings. The molecule has 1 saturated carbocycles. The molecule has 2 aliphatic carbocycles. The largest absolute Gasteiger partial charge is 0.389 e. The third kappa shape index (κ3) is 5.70. The van der Waals surface area contributed by atoms with Gasteiger partial charge in [-0.1, -0.05) is 19.1 Å². The van der Waals surface area contributed by atoms with Crippen LogP contribution >= 0.6 is 0 Å². The zero-order valence-electron chi connectivity index (χ0n) is 13.5. The zero-order valence-corrected chi connectivity index (χ0v) is 13.5. The molecule has 2 rings (SSSR count). The molecule has 2 N–H and O–H groups in total. The van der Waals surface area contributed by atoms with Crippen molar-refractivity contribution >= 4 is 0 Å². The zero-order chi connectivity index (χ0) is 15.1. The monoisotopic (exact) mass is 297 g/mol. The molecule has 2 aliphatic rings. The molecular weight excluding hydrogens is 266 g/mol. The molecular formula is C17H31NO3. The first-order chi connectivity index (χ1) is 10.2. The number of nitrogens with one attached hydrogen (secondary N) is 1. The fourth-order valence-corrected chi connectivity index (χ4v) is 3.06. The summed E-state index contributed by atoms with van der Waals surface area (Å²) < 4.78 is 11.2. The number of allylic oxidation sites excluding steroid dienone is 2. The molecule has 0 amide bonds. The van der Waals surface area contributed by atoms with Gasteiger partial charge in [0.25, 0.3) is 0 Å². The molecule has 0 saturated heterocycles. The van der Waals surface area contributed by atoms with E-state index in [0.29, 0.717) is 37.1 Å². The Morgan fingerprint density at radius 3 is 2.76 bits per heavy atom. The first-order valence-corrected chi connectivity index (χ1v) is 8.44. The Kier molecular flexibility index (Phi) is 7.17. The van der Waals surface area contributed by atoms with E-state index in [0.717, 1.165) is 38.9 Å². The van der Waals surface area contributed by atoms with Gasteiger partial charge in [-0.05, 0) is 44.4 Å². The number of hydrogen-bond acceptors (Lipinski definition) is 4. The molecule has 0 heterocycles. The maximum absolute atomic E-state index is 9.95. The van der Waals surface area contributed by atoms with Crippen LogP contribution in [0.2, 0.25) is 0 Å². The van der Waals surface area contributed by atoms with Crippen LogP contribution in [-0.2, 0) is 9.47 Å². The third-order valence-corrected chi connectivity index (χ3v) is 4.70. The molecule has 0 bridgehead atoms. The van der Waals surface area contributed by atoms with Crippen LogP contribution < -0.4 is 5.32 Å². The van der Waals surface area contributed by atoms with Crippen molar-refractivity contribution < 1.29 is 14.6 Å². The number of hydrogen-bond donors (Lipinski definition) is 2. The minimum atomic E-state index is -0.411. The standard InChI is InChI=1S/C17H31NO3/c1-3-21-17-8-15(9-17)18-10-16(19)12-20-11-14-7-5-4-6-13(14)2/h4-5,13-19H,3,6-12H2,1-2H3. The molecule has 0 spiro atoms. The fraction of sp³-hybridized carbons (Fsp3) is 0.882. The summed E-state index contributed by atoms with van der Waals surface area (Å²) in [5.74, 6) is 1.30. The van der Waals surface area contributed by atoms with Gasteiger partial charge in [-0.2, -0.15) is 0 Å².